The summed E-state index contributed by atoms with van der Waals surface area (Å²) in [5.41, 5.74) is 3.32. The summed E-state index contributed by atoms with van der Waals surface area (Å²) in [7, 11) is 0. The number of benzene rings is 2. The highest BCUT2D eigenvalue weighted by molar-refractivity contribution is 5.33. The third kappa shape index (κ3) is 3.55. The van der Waals surface area contributed by atoms with E-state index in [1.54, 1.807) is 18.3 Å². The molecule has 0 aliphatic rings. The molecule has 3 aromatic rings. The second-order valence-electron chi connectivity index (χ2n) is 4.85. The zero-order valence-electron chi connectivity index (χ0n) is 11.5. The van der Waals surface area contributed by atoms with E-state index in [1.807, 2.05) is 29.1 Å². The highest BCUT2D eigenvalue weighted by atomic mass is 19.1. The lowest BCUT2D eigenvalue weighted by atomic mass is 10.2. The third-order valence-electron chi connectivity index (χ3n) is 3.28. The van der Waals surface area contributed by atoms with Crippen molar-refractivity contribution < 1.29 is 4.39 Å². The van der Waals surface area contributed by atoms with Gasteiger partial charge in [0.15, 0.2) is 0 Å². The van der Waals surface area contributed by atoms with Crippen molar-refractivity contribution in [1.29, 1.82) is 0 Å². The van der Waals surface area contributed by atoms with Gasteiger partial charge in [-0.15, -0.1) is 0 Å². The van der Waals surface area contributed by atoms with E-state index in [0.717, 1.165) is 24.3 Å². The van der Waals surface area contributed by atoms with Gasteiger partial charge in [0, 0.05) is 25.5 Å². The Balaban J connectivity index is 1.55. The molecule has 21 heavy (non-hydrogen) atoms. The van der Waals surface area contributed by atoms with E-state index in [1.165, 1.54) is 17.7 Å². The van der Waals surface area contributed by atoms with Crippen molar-refractivity contribution in [3.8, 4) is 5.69 Å². The maximum atomic E-state index is 12.8. The SMILES string of the molecule is Fc1ccc(CNCc2ccc(-n3cccn3)cc2)cc1. The molecule has 1 aromatic heterocycles. The predicted octanol–water partition coefficient (Wildman–Crippen LogP) is 3.30. The minimum atomic E-state index is -0.201. The summed E-state index contributed by atoms with van der Waals surface area (Å²) < 4.78 is 14.6. The van der Waals surface area contributed by atoms with Crippen LogP contribution in [-0.2, 0) is 13.1 Å². The molecule has 4 heteroatoms. The molecule has 0 atom stereocenters. The lowest BCUT2D eigenvalue weighted by Gasteiger charge is -2.07. The van der Waals surface area contributed by atoms with E-state index in [0.29, 0.717) is 0 Å². The molecule has 0 aliphatic carbocycles. The molecule has 0 bridgehead atoms. The Hall–Kier alpha value is -2.46. The van der Waals surface area contributed by atoms with Crippen molar-refractivity contribution in [2.75, 3.05) is 0 Å². The van der Waals surface area contributed by atoms with E-state index in [2.05, 4.69) is 22.5 Å². The summed E-state index contributed by atoms with van der Waals surface area (Å²) in [5, 5.41) is 7.54. The van der Waals surface area contributed by atoms with Gasteiger partial charge in [0.05, 0.1) is 5.69 Å². The largest absolute Gasteiger partial charge is 0.309 e. The lowest BCUT2D eigenvalue weighted by Crippen LogP contribution is -2.12. The molecule has 3 rings (SSSR count). The van der Waals surface area contributed by atoms with E-state index >= 15 is 0 Å². The smallest absolute Gasteiger partial charge is 0.123 e. The van der Waals surface area contributed by atoms with Crippen molar-refractivity contribution >= 4 is 0 Å². The van der Waals surface area contributed by atoms with Gasteiger partial charge < -0.3 is 5.32 Å². The second-order valence-corrected chi connectivity index (χ2v) is 4.85. The monoisotopic (exact) mass is 281 g/mol. The molecule has 0 amide bonds. The number of nitrogens with one attached hydrogen (secondary N) is 1. The Morgan fingerprint density at radius 3 is 2.10 bits per heavy atom. The van der Waals surface area contributed by atoms with E-state index in [-0.39, 0.29) is 5.82 Å². The van der Waals surface area contributed by atoms with Gasteiger partial charge in [0.1, 0.15) is 5.82 Å². The van der Waals surface area contributed by atoms with E-state index < -0.39 is 0 Å². The van der Waals surface area contributed by atoms with Crippen LogP contribution in [0.4, 0.5) is 4.39 Å². The first-order valence-corrected chi connectivity index (χ1v) is 6.85. The summed E-state index contributed by atoms with van der Waals surface area (Å²) in [5.74, 6) is -0.201. The van der Waals surface area contributed by atoms with Crippen LogP contribution in [0.3, 0.4) is 0 Å². The quantitative estimate of drug-likeness (QED) is 0.777. The van der Waals surface area contributed by atoms with Crippen molar-refractivity contribution in [2.45, 2.75) is 13.1 Å². The minimum Gasteiger partial charge on any atom is -0.309 e. The molecule has 0 radical (unpaired) electrons. The molecular formula is C17H16FN3. The van der Waals surface area contributed by atoms with Crippen LogP contribution in [0.2, 0.25) is 0 Å². The maximum absolute atomic E-state index is 12.8. The molecular weight excluding hydrogens is 265 g/mol. The first kappa shape index (κ1) is 13.5. The fourth-order valence-electron chi connectivity index (χ4n) is 2.14. The average Bonchev–Trinajstić information content (AvgIpc) is 3.04. The fraction of sp³-hybridized carbons (Fsp3) is 0.118. The molecule has 1 heterocycles. The topological polar surface area (TPSA) is 29.9 Å². The van der Waals surface area contributed by atoms with Crippen LogP contribution >= 0.6 is 0 Å². The summed E-state index contributed by atoms with van der Waals surface area (Å²) in [6.45, 7) is 1.50. The van der Waals surface area contributed by atoms with Crippen LogP contribution < -0.4 is 5.32 Å². The molecule has 3 nitrogen and oxygen atoms in total. The average molecular weight is 281 g/mol. The molecule has 0 fully saturated rings. The predicted molar refractivity (Wildman–Crippen MR) is 80.5 cm³/mol. The molecule has 0 unspecified atom stereocenters. The zero-order chi connectivity index (χ0) is 14.5. The summed E-state index contributed by atoms with van der Waals surface area (Å²) in [6, 6.07) is 16.7. The molecule has 106 valence electrons. The van der Waals surface area contributed by atoms with Crippen LogP contribution in [0.1, 0.15) is 11.1 Å². The van der Waals surface area contributed by atoms with Crippen LogP contribution in [-0.4, -0.2) is 9.78 Å². The highest BCUT2D eigenvalue weighted by Crippen LogP contribution is 2.09. The van der Waals surface area contributed by atoms with E-state index in [9.17, 15) is 4.39 Å². The van der Waals surface area contributed by atoms with Crippen molar-refractivity contribution in [3.05, 3.63) is 83.9 Å². The van der Waals surface area contributed by atoms with Crippen molar-refractivity contribution in [3.63, 3.8) is 0 Å². The van der Waals surface area contributed by atoms with Gasteiger partial charge in [-0.25, -0.2) is 9.07 Å². The van der Waals surface area contributed by atoms with Crippen LogP contribution in [0.15, 0.2) is 67.0 Å². The van der Waals surface area contributed by atoms with Gasteiger partial charge in [-0.2, -0.15) is 5.10 Å². The number of nitrogens with zero attached hydrogens (tertiary/aromatic N) is 2. The number of hydrogen-bond donors (Lipinski definition) is 1. The van der Waals surface area contributed by atoms with Crippen molar-refractivity contribution in [1.82, 2.24) is 15.1 Å². The maximum Gasteiger partial charge on any atom is 0.123 e. The summed E-state index contributed by atoms with van der Waals surface area (Å²) in [4.78, 5) is 0. The first-order chi connectivity index (χ1) is 10.3. The number of aromatic nitrogens is 2. The molecule has 1 N–H and O–H groups in total. The normalized spacial score (nSPS) is 10.7. The Kier molecular flexibility index (Phi) is 4.07. The molecule has 0 saturated heterocycles. The third-order valence-corrected chi connectivity index (χ3v) is 3.28. The minimum absolute atomic E-state index is 0.201. The Morgan fingerprint density at radius 2 is 1.52 bits per heavy atom. The standard InChI is InChI=1S/C17H16FN3/c18-16-6-2-14(3-7-16)12-19-13-15-4-8-17(9-5-15)21-11-1-10-20-21/h1-11,19H,12-13H2. The summed E-state index contributed by atoms with van der Waals surface area (Å²) in [6.07, 6.45) is 3.68. The molecule has 0 spiro atoms. The Bertz CT molecular complexity index is 673. The van der Waals surface area contributed by atoms with Crippen LogP contribution in [0.25, 0.3) is 5.69 Å². The van der Waals surface area contributed by atoms with E-state index in [4.69, 9.17) is 0 Å². The number of hydrogen-bond acceptors (Lipinski definition) is 2. The fourth-order valence-corrected chi connectivity index (χ4v) is 2.14. The van der Waals surface area contributed by atoms with Crippen molar-refractivity contribution in [2.24, 2.45) is 0 Å². The highest BCUT2D eigenvalue weighted by Gasteiger charge is 1.98. The zero-order valence-corrected chi connectivity index (χ0v) is 11.5. The molecule has 2 aromatic carbocycles. The summed E-state index contributed by atoms with van der Waals surface area (Å²) >= 11 is 0. The molecule has 0 aliphatic heterocycles. The second kappa shape index (κ2) is 6.33. The Morgan fingerprint density at radius 1 is 0.905 bits per heavy atom. The molecule has 0 saturated carbocycles. The number of halogens is 1. The van der Waals surface area contributed by atoms with Crippen LogP contribution in [0.5, 0.6) is 0 Å². The Labute approximate surface area is 123 Å². The van der Waals surface area contributed by atoms with Gasteiger partial charge in [0.2, 0.25) is 0 Å². The lowest BCUT2D eigenvalue weighted by molar-refractivity contribution is 0.625. The van der Waals surface area contributed by atoms with Gasteiger partial charge in [-0.05, 0) is 41.5 Å². The first-order valence-electron chi connectivity index (χ1n) is 6.85. The van der Waals surface area contributed by atoms with Gasteiger partial charge in [-0.1, -0.05) is 24.3 Å². The van der Waals surface area contributed by atoms with Gasteiger partial charge >= 0.3 is 0 Å². The van der Waals surface area contributed by atoms with Crippen LogP contribution in [0, 0.1) is 5.82 Å². The number of rotatable bonds is 5. The van der Waals surface area contributed by atoms with Gasteiger partial charge in [-0.3, -0.25) is 0 Å². The van der Waals surface area contributed by atoms with Gasteiger partial charge in [0.25, 0.3) is 0 Å².